The van der Waals surface area contributed by atoms with E-state index in [2.05, 4.69) is 27.2 Å². The number of benzene rings is 1. The lowest BCUT2D eigenvalue weighted by molar-refractivity contribution is -0.138. The van der Waals surface area contributed by atoms with Gasteiger partial charge in [0.15, 0.2) is 5.96 Å². The van der Waals surface area contributed by atoms with E-state index >= 15 is 0 Å². The van der Waals surface area contributed by atoms with Crippen molar-refractivity contribution >= 4 is 29.9 Å². The van der Waals surface area contributed by atoms with Crippen LogP contribution in [0.3, 0.4) is 0 Å². The average Bonchev–Trinajstić information content (AvgIpc) is 3.29. The number of likely N-dealkylation sites (tertiary alicyclic amines) is 1. The van der Waals surface area contributed by atoms with Crippen LogP contribution in [0.1, 0.15) is 42.3 Å². The predicted molar refractivity (Wildman–Crippen MR) is 127 cm³/mol. The van der Waals surface area contributed by atoms with Crippen LogP contribution in [0.25, 0.3) is 5.69 Å². The number of nitrogens with one attached hydrogen (secondary N) is 1. The van der Waals surface area contributed by atoms with Crippen LogP contribution in [0.15, 0.2) is 29.3 Å². The van der Waals surface area contributed by atoms with Crippen molar-refractivity contribution in [2.24, 2.45) is 10.7 Å². The summed E-state index contributed by atoms with van der Waals surface area (Å²) in [4.78, 5) is 6.51. The smallest absolute Gasteiger partial charge is 0.370 e. The number of hydrogen-bond donors (Lipinski definition) is 2. The highest BCUT2D eigenvalue weighted by Gasteiger charge is 2.34. The Morgan fingerprint density at radius 3 is 2.65 bits per heavy atom. The standard InChI is InChI=1S/C21H29F3N6.HI/c1-4-29-9-5-6-18(29)13-27-20(25)26-12-16-7-8-17(11-19(16)21(22,23)24)30-15(3)10-14(2)28-30;/h7-8,10-11,18H,4-6,9,12-13H2,1-3H3,(H3,25,26,27);1H. The lowest BCUT2D eigenvalue weighted by atomic mass is 10.1. The molecule has 1 unspecified atom stereocenters. The zero-order valence-electron chi connectivity index (χ0n) is 18.0. The molecule has 1 aromatic heterocycles. The Labute approximate surface area is 198 Å². The minimum atomic E-state index is -4.50. The van der Waals surface area contributed by atoms with E-state index in [1.54, 1.807) is 13.0 Å². The van der Waals surface area contributed by atoms with E-state index in [1.807, 2.05) is 13.0 Å². The molecule has 0 saturated carbocycles. The van der Waals surface area contributed by atoms with Crippen LogP contribution >= 0.6 is 24.0 Å². The van der Waals surface area contributed by atoms with Crippen LogP contribution in [0, 0.1) is 13.8 Å². The van der Waals surface area contributed by atoms with Crippen molar-refractivity contribution in [3.63, 3.8) is 0 Å². The lowest BCUT2D eigenvalue weighted by Crippen LogP contribution is -2.42. The second kappa shape index (κ2) is 10.7. The summed E-state index contributed by atoms with van der Waals surface area (Å²) in [6, 6.07) is 6.39. The van der Waals surface area contributed by atoms with E-state index in [1.165, 1.54) is 10.7 Å². The molecule has 1 aliphatic heterocycles. The average molecular weight is 550 g/mol. The molecule has 2 aromatic rings. The summed E-state index contributed by atoms with van der Waals surface area (Å²) in [7, 11) is 0. The summed E-state index contributed by atoms with van der Waals surface area (Å²) in [6.45, 7) is 8.26. The number of aliphatic imine (C=N–C) groups is 1. The van der Waals surface area contributed by atoms with Crippen LogP contribution in [0.5, 0.6) is 0 Å². The molecular formula is C21H30F3IN6. The molecule has 1 atom stereocenters. The van der Waals surface area contributed by atoms with Crippen molar-refractivity contribution < 1.29 is 13.2 Å². The fraction of sp³-hybridized carbons (Fsp3) is 0.524. The van der Waals surface area contributed by atoms with Crippen LogP contribution in [0.2, 0.25) is 0 Å². The molecule has 0 radical (unpaired) electrons. The van der Waals surface area contributed by atoms with Crippen LogP contribution in [-0.2, 0) is 12.7 Å². The van der Waals surface area contributed by atoms with Gasteiger partial charge in [0.1, 0.15) is 0 Å². The number of rotatable bonds is 6. The van der Waals surface area contributed by atoms with Gasteiger partial charge in [0.25, 0.3) is 0 Å². The second-order valence-electron chi connectivity index (χ2n) is 7.69. The molecule has 3 rings (SSSR count). The van der Waals surface area contributed by atoms with Gasteiger partial charge in [-0.3, -0.25) is 4.90 Å². The summed E-state index contributed by atoms with van der Waals surface area (Å²) in [6.07, 6.45) is -2.27. The highest BCUT2D eigenvalue weighted by molar-refractivity contribution is 14.0. The minimum absolute atomic E-state index is 0. The molecule has 3 N–H and O–H groups in total. The quantitative estimate of drug-likeness (QED) is 0.324. The monoisotopic (exact) mass is 550 g/mol. The van der Waals surface area contributed by atoms with Crippen molar-refractivity contribution in [1.82, 2.24) is 20.0 Å². The zero-order valence-corrected chi connectivity index (χ0v) is 20.4. The largest absolute Gasteiger partial charge is 0.416 e. The molecule has 1 saturated heterocycles. The van der Waals surface area contributed by atoms with Crippen molar-refractivity contribution in [2.75, 3.05) is 19.6 Å². The van der Waals surface area contributed by atoms with Crippen LogP contribution < -0.4 is 11.1 Å². The molecule has 2 heterocycles. The van der Waals surface area contributed by atoms with Gasteiger partial charge in [-0.15, -0.1) is 24.0 Å². The molecule has 0 bridgehead atoms. The van der Waals surface area contributed by atoms with Crippen molar-refractivity contribution in [2.45, 2.75) is 52.4 Å². The molecule has 172 valence electrons. The van der Waals surface area contributed by atoms with Crippen LogP contribution in [0.4, 0.5) is 13.2 Å². The summed E-state index contributed by atoms with van der Waals surface area (Å²) in [5, 5.41) is 7.33. The molecule has 10 heteroatoms. The van der Waals surface area contributed by atoms with E-state index in [9.17, 15) is 13.2 Å². The number of nitrogens with zero attached hydrogens (tertiary/aromatic N) is 4. The number of likely N-dealkylation sites (N-methyl/N-ethyl adjacent to an activating group) is 1. The minimum Gasteiger partial charge on any atom is -0.370 e. The maximum absolute atomic E-state index is 13.7. The van der Waals surface area contributed by atoms with Gasteiger partial charge >= 0.3 is 6.18 Å². The van der Waals surface area contributed by atoms with E-state index in [4.69, 9.17) is 5.73 Å². The number of halogens is 4. The van der Waals surface area contributed by atoms with Crippen LogP contribution in [-0.4, -0.2) is 46.3 Å². The van der Waals surface area contributed by atoms with Gasteiger partial charge in [-0.05, 0) is 63.5 Å². The number of alkyl halides is 3. The Hall–Kier alpha value is -1.82. The molecule has 1 aromatic carbocycles. The maximum atomic E-state index is 13.7. The predicted octanol–water partition coefficient (Wildman–Crippen LogP) is 4.01. The summed E-state index contributed by atoms with van der Waals surface area (Å²) in [5.74, 6) is 0.161. The molecule has 0 amide bonds. The molecule has 0 aliphatic carbocycles. The SMILES string of the molecule is CCN1CCCC1CNC(N)=NCc1ccc(-n2nc(C)cc2C)cc1C(F)(F)F.I. The maximum Gasteiger partial charge on any atom is 0.416 e. The first-order chi connectivity index (χ1) is 14.2. The Morgan fingerprint density at radius 1 is 1.29 bits per heavy atom. The van der Waals surface area contributed by atoms with Crippen molar-refractivity contribution in [3.8, 4) is 5.69 Å². The van der Waals surface area contributed by atoms with Gasteiger partial charge in [0.2, 0.25) is 0 Å². The molecule has 1 aliphatic rings. The molecule has 6 nitrogen and oxygen atoms in total. The second-order valence-corrected chi connectivity index (χ2v) is 7.69. The molecule has 1 fully saturated rings. The topological polar surface area (TPSA) is 71.5 Å². The first-order valence-corrected chi connectivity index (χ1v) is 10.2. The molecular weight excluding hydrogens is 520 g/mol. The lowest BCUT2D eigenvalue weighted by Gasteiger charge is -2.23. The molecule has 31 heavy (non-hydrogen) atoms. The van der Waals surface area contributed by atoms with Crippen molar-refractivity contribution in [3.05, 3.63) is 46.8 Å². The first-order valence-electron chi connectivity index (χ1n) is 10.2. The van der Waals surface area contributed by atoms with E-state index in [-0.39, 0.29) is 42.0 Å². The number of guanidine groups is 1. The third-order valence-corrected chi connectivity index (χ3v) is 5.50. The van der Waals surface area contributed by atoms with Gasteiger partial charge in [-0.1, -0.05) is 13.0 Å². The third kappa shape index (κ3) is 6.34. The number of nitrogens with two attached hydrogens (primary N) is 1. The Balaban J connectivity index is 0.00000341. The fourth-order valence-corrected chi connectivity index (χ4v) is 3.98. The number of aryl methyl sites for hydroxylation is 2. The number of hydrogen-bond acceptors (Lipinski definition) is 3. The highest BCUT2D eigenvalue weighted by Crippen LogP contribution is 2.34. The van der Waals surface area contributed by atoms with E-state index in [0.29, 0.717) is 18.3 Å². The fourth-order valence-electron chi connectivity index (χ4n) is 3.98. The Kier molecular flexibility index (Phi) is 8.75. The third-order valence-electron chi connectivity index (χ3n) is 5.50. The zero-order chi connectivity index (χ0) is 21.9. The van der Waals surface area contributed by atoms with Gasteiger partial charge in [0, 0.05) is 18.3 Å². The van der Waals surface area contributed by atoms with Gasteiger partial charge in [0.05, 0.1) is 23.5 Å². The van der Waals surface area contributed by atoms with Gasteiger partial charge < -0.3 is 11.1 Å². The summed E-state index contributed by atoms with van der Waals surface area (Å²) >= 11 is 0. The number of aromatic nitrogens is 2. The van der Waals surface area contributed by atoms with Gasteiger partial charge in [-0.2, -0.15) is 18.3 Å². The van der Waals surface area contributed by atoms with E-state index in [0.717, 1.165) is 43.4 Å². The van der Waals surface area contributed by atoms with Gasteiger partial charge in [-0.25, -0.2) is 9.67 Å². The Morgan fingerprint density at radius 2 is 2.03 bits per heavy atom. The molecule has 0 spiro atoms. The normalized spacial score (nSPS) is 17.6. The highest BCUT2D eigenvalue weighted by atomic mass is 127. The van der Waals surface area contributed by atoms with Crippen molar-refractivity contribution in [1.29, 1.82) is 0 Å². The summed E-state index contributed by atoms with van der Waals surface area (Å²) < 4.78 is 42.5. The Bertz CT molecular complexity index is 909. The van der Waals surface area contributed by atoms with E-state index < -0.39 is 11.7 Å². The first kappa shape index (κ1) is 25.4. The summed E-state index contributed by atoms with van der Waals surface area (Å²) in [5.41, 5.74) is 7.15.